The summed E-state index contributed by atoms with van der Waals surface area (Å²) in [4.78, 5) is 39.9. The number of hydrogen-bond donors (Lipinski definition) is 1. The smallest absolute Gasteiger partial charge is 0.302 e. The molecule has 4 rings (SSSR count). The van der Waals surface area contributed by atoms with Crippen LogP contribution in [0.25, 0.3) is 0 Å². The van der Waals surface area contributed by atoms with Crippen molar-refractivity contribution >= 4 is 17.8 Å². The summed E-state index contributed by atoms with van der Waals surface area (Å²) in [6.07, 6.45) is 8.16. The normalized spacial score (nSPS) is 41.9. The van der Waals surface area contributed by atoms with Crippen LogP contribution in [0.15, 0.2) is 11.6 Å². The minimum atomic E-state index is -0.568. The second kappa shape index (κ2) is 11.2. The maximum atomic E-state index is 12.9. The van der Waals surface area contributed by atoms with Crippen LogP contribution in [0, 0.1) is 40.4 Å². The molecule has 0 saturated heterocycles. The summed E-state index contributed by atoms with van der Waals surface area (Å²) in [5, 5.41) is 3.08. The van der Waals surface area contributed by atoms with E-state index in [4.69, 9.17) is 9.47 Å². The summed E-state index contributed by atoms with van der Waals surface area (Å²) in [5.41, 5.74) is 1.08. The van der Waals surface area contributed by atoms with Gasteiger partial charge in [-0.2, -0.15) is 0 Å². The molecule has 1 N–H and O–H groups in total. The number of carbonyl (C=O) groups excluding carboxylic acids is 3. The average Bonchev–Trinajstić information content (AvgIpc) is 3.16. The van der Waals surface area contributed by atoms with E-state index in [1.807, 2.05) is 13.8 Å². The van der Waals surface area contributed by atoms with Crippen LogP contribution in [0.1, 0.15) is 93.4 Å². The maximum absolute atomic E-state index is 12.9. The molecule has 0 aliphatic heterocycles. The van der Waals surface area contributed by atoms with Crippen molar-refractivity contribution in [1.82, 2.24) is 10.2 Å². The number of ether oxygens (including phenoxy) is 2. The molecule has 4 saturated carbocycles. The van der Waals surface area contributed by atoms with Crippen molar-refractivity contribution in [3.05, 3.63) is 11.6 Å². The highest BCUT2D eigenvalue weighted by Gasteiger charge is 2.64. The fraction of sp³-hybridized carbons (Fsp3) is 0.844. The zero-order valence-corrected chi connectivity index (χ0v) is 25.7. The van der Waals surface area contributed by atoms with E-state index in [1.165, 1.54) is 33.1 Å². The first-order valence-corrected chi connectivity index (χ1v) is 15.1. The minimum absolute atomic E-state index is 0.105. The molecule has 0 aromatic heterocycles. The average molecular weight is 545 g/mol. The van der Waals surface area contributed by atoms with Gasteiger partial charge in [-0.3, -0.25) is 14.4 Å². The SMILES string of the molecule is CC(=O)O[C@H]1[C@@H](NC(=O)C=C(C)C)[C@H](OC(C)=O)C[C@]2(C)[C@H]3CC[C@]4(C)[C@@H]([C@H](C)N(C)C)CC[C@H]4[C@@H]3CC[C@@H]12. The summed E-state index contributed by atoms with van der Waals surface area (Å²) < 4.78 is 12.0. The van der Waals surface area contributed by atoms with E-state index in [0.29, 0.717) is 41.5 Å². The minimum Gasteiger partial charge on any atom is -0.460 e. The highest BCUT2D eigenvalue weighted by molar-refractivity contribution is 5.88. The largest absolute Gasteiger partial charge is 0.460 e. The lowest BCUT2D eigenvalue weighted by Crippen LogP contribution is -2.67. The van der Waals surface area contributed by atoms with Crippen molar-refractivity contribution in [2.45, 2.75) is 118 Å². The van der Waals surface area contributed by atoms with Gasteiger partial charge in [-0.25, -0.2) is 0 Å². The number of carbonyl (C=O) groups is 3. The van der Waals surface area contributed by atoms with Crippen molar-refractivity contribution in [1.29, 1.82) is 0 Å². The van der Waals surface area contributed by atoms with Crippen molar-refractivity contribution in [3.8, 4) is 0 Å². The molecule has 0 spiro atoms. The van der Waals surface area contributed by atoms with E-state index in [2.05, 4.69) is 45.1 Å². The van der Waals surface area contributed by atoms with Gasteiger partial charge < -0.3 is 19.7 Å². The van der Waals surface area contributed by atoms with Crippen LogP contribution in [0.4, 0.5) is 0 Å². The Morgan fingerprint density at radius 2 is 1.49 bits per heavy atom. The molecular weight excluding hydrogens is 492 g/mol. The van der Waals surface area contributed by atoms with Gasteiger partial charge in [0.25, 0.3) is 0 Å². The number of hydrogen-bond acceptors (Lipinski definition) is 6. The number of esters is 2. The summed E-state index contributed by atoms with van der Waals surface area (Å²) in [5.74, 6) is 1.63. The van der Waals surface area contributed by atoms with E-state index in [9.17, 15) is 14.4 Å². The summed E-state index contributed by atoms with van der Waals surface area (Å²) >= 11 is 0. The van der Waals surface area contributed by atoms with Gasteiger partial charge in [-0.15, -0.1) is 0 Å². The monoisotopic (exact) mass is 544 g/mol. The van der Waals surface area contributed by atoms with Gasteiger partial charge in [0.05, 0.1) is 0 Å². The Hall–Kier alpha value is -1.89. The third-order valence-corrected chi connectivity index (χ3v) is 11.6. The van der Waals surface area contributed by atoms with Crippen molar-refractivity contribution in [3.63, 3.8) is 0 Å². The van der Waals surface area contributed by atoms with Gasteiger partial charge in [-0.05, 0) is 114 Å². The Kier molecular flexibility index (Phi) is 8.62. The van der Waals surface area contributed by atoms with E-state index >= 15 is 0 Å². The highest BCUT2D eigenvalue weighted by atomic mass is 16.6. The molecule has 220 valence electrons. The molecule has 0 unspecified atom stereocenters. The molecule has 0 bridgehead atoms. The van der Waals surface area contributed by atoms with E-state index in [1.54, 1.807) is 6.08 Å². The first-order valence-electron chi connectivity index (χ1n) is 15.1. The number of amides is 1. The molecule has 0 aromatic rings. The van der Waals surface area contributed by atoms with E-state index in [0.717, 1.165) is 24.8 Å². The van der Waals surface area contributed by atoms with Gasteiger partial charge in [0, 0.05) is 31.9 Å². The van der Waals surface area contributed by atoms with Crippen LogP contribution >= 0.6 is 0 Å². The summed E-state index contributed by atoms with van der Waals surface area (Å²) in [6.45, 7) is 13.9. The van der Waals surface area contributed by atoms with Crippen molar-refractivity contribution in [2.24, 2.45) is 40.4 Å². The van der Waals surface area contributed by atoms with Crippen LogP contribution in [-0.2, 0) is 23.9 Å². The Bertz CT molecular complexity index is 989. The Labute approximate surface area is 235 Å². The van der Waals surface area contributed by atoms with Gasteiger partial charge in [0.15, 0.2) is 0 Å². The molecule has 0 radical (unpaired) electrons. The standard InChI is InChI=1S/C32H52N2O5/c1-18(2)16-28(37)33-29-27(38-20(4)35)17-32(7)25-14-15-31(6)23(19(3)34(8)9)12-13-24(31)22(25)10-11-26(32)30(29)39-21(5)36/h16,19,22-27,29-30H,10-15,17H2,1-9H3,(H,33,37)/t19-,22-,23+,24-,25-,26-,27+,29-,30+,31+,32+/m0/s1. The maximum Gasteiger partial charge on any atom is 0.302 e. The number of fused-ring (bicyclic) bond motifs is 5. The molecule has 1 amide bonds. The lowest BCUT2D eigenvalue weighted by Gasteiger charge is -2.63. The fourth-order valence-electron chi connectivity index (χ4n) is 9.86. The first kappa shape index (κ1) is 30.1. The predicted octanol–water partition coefficient (Wildman–Crippen LogP) is 5.13. The van der Waals surface area contributed by atoms with Gasteiger partial charge in [-0.1, -0.05) is 19.4 Å². The van der Waals surface area contributed by atoms with Crippen LogP contribution in [0.2, 0.25) is 0 Å². The molecule has 7 heteroatoms. The number of nitrogens with zero attached hydrogens (tertiary/aromatic N) is 1. The Morgan fingerprint density at radius 3 is 2.08 bits per heavy atom. The third-order valence-electron chi connectivity index (χ3n) is 11.6. The fourth-order valence-corrected chi connectivity index (χ4v) is 9.86. The topological polar surface area (TPSA) is 84.9 Å². The molecule has 4 aliphatic rings. The van der Waals surface area contributed by atoms with Gasteiger partial charge >= 0.3 is 11.9 Å². The Balaban J connectivity index is 1.68. The molecule has 4 aliphatic carbocycles. The molecule has 0 aromatic carbocycles. The predicted molar refractivity (Wildman–Crippen MR) is 152 cm³/mol. The first-order chi connectivity index (χ1) is 18.2. The molecule has 7 nitrogen and oxygen atoms in total. The zero-order chi connectivity index (χ0) is 28.9. The summed E-state index contributed by atoms with van der Waals surface area (Å²) in [7, 11) is 4.41. The lowest BCUT2D eigenvalue weighted by atomic mass is 9.43. The zero-order valence-electron chi connectivity index (χ0n) is 25.7. The number of nitrogens with one attached hydrogen (secondary N) is 1. The molecular formula is C32H52N2O5. The number of rotatable bonds is 6. The second-order valence-electron chi connectivity index (χ2n) is 14.2. The number of allylic oxidation sites excluding steroid dienone is 1. The molecule has 4 fully saturated rings. The molecule has 39 heavy (non-hydrogen) atoms. The highest BCUT2D eigenvalue weighted by Crippen LogP contribution is 2.68. The van der Waals surface area contributed by atoms with Crippen LogP contribution in [0.5, 0.6) is 0 Å². The van der Waals surface area contributed by atoms with Crippen molar-refractivity contribution in [2.75, 3.05) is 14.1 Å². The van der Waals surface area contributed by atoms with Gasteiger partial charge in [0.1, 0.15) is 18.2 Å². The van der Waals surface area contributed by atoms with Crippen LogP contribution in [-0.4, -0.2) is 61.1 Å². The van der Waals surface area contributed by atoms with Crippen LogP contribution < -0.4 is 5.32 Å². The third kappa shape index (κ3) is 5.54. The van der Waals surface area contributed by atoms with Crippen LogP contribution in [0.3, 0.4) is 0 Å². The van der Waals surface area contributed by atoms with E-state index in [-0.39, 0.29) is 29.2 Å². The van der Waals surface area contributed by atoms with Crippen molar-refractivity contribution < 1.29 is 23.9 Å². The quantitative estimate of drug-likeness (QED) is 0.369. The molecule has 0 heterocycles. The lowest BCUT2D eigenvalue weighted by molar-refractivity contribution is -0.204. The Morgan fingerprint density at radius 1 is 0.872 bits per heavy atom. The van der Waals surface area contributed by atoms with Gasteiger partial charge in [0.2, 0.25) is 5.91 Å². The summed E-state index contributed by atoms with van der Waals surface area (Å²) in [6, 6.07) is -0.00814. The second-order valence-corrected chi connectivity index (χ2v) is 14.2. The van der Waals surface area contributed by atoms with E-state index < -0.39 is 18.2 Å². The molecule has 11 atom stereocenters.